The fourth-order valence-electron chi connectivity index (χ4n) is 2.35. The number of aliphatic carboxylic acids is 1. The number of pyridine rings is 1. The summed E-state index contributed by atoms with van der Waals surface area (Å²) in [7, 11) is 0. The van der Waals surface area contributed by atoms with E-state index in [2.05, 4.69) is 33.4 Å². The highest BCUT2D eigenvalue weighted by Crippen LogP contribution is 2.29. The van der Waals surface area contributed by atoms with E-state index in [1.807, 2.05) is 36.4 Å². The lowest BCUT2D eigenvalue weighted by Crippen LogP contribution is -2.21. The summed E-state index contributed by atoms with van der Waals surface area (Å²) in [5.41, 5.74) is 1.76. The first-order chi connectivity index (χ1) is 13.4. The van der Waals surface area contributed by atoms with Crippen LogP contribution in [0.4, 0.5) is 13.2 Å². The zero-order valence-corrected chi connectivity index (χ0v) is 14.1. The van der Waals surface area contributed by atoms with E-state index in [9.17, 15) is 13.2 Å². The zero-order valence-electron chi connectivity index (χ0n) is 14.1. The minimum atomic E-state index is -5.08. The van der Waals surface area contributed by atoms with Crippen molar-refractivity contribution in [2.75, 3.05) is 0 Å². The van der Waals surface area contributed by atoms with Gasteiger partial charge in [0.15, 0.2) is 0 Å². The quantitative estimate of drug-likeness (QED) is 0.541. The molecule has 28 heavy (non-hydrogen) atoms. The number of carboxylic acid groups (broad SMARTS) is 1. The van der Waals surface area contributed by atoms with Crippen LogP contribution in [0.1, 0.15) is 0 Å². The number of benzene rings is 2. The summed E-state index contributed by atoms with van der Waals surface area (Å²) in [5, 5.41) is 17.7. The number of carboxylic acids is 1. The van der Waals surface area contributed by atoms with Gasteiger partial charge in [-0.05, 0) is 29.0 Å². The molecule has 0 saturated carbocycles. The van der Waals surface area contributed by atoms with Crippen molar-refractivity contribution in [1.82, 2.24) is 15.2 Å². The molecule has 2 aromatic carbocycles. The molecule has 0 bridgehead atoms. The summed E-state index contributed by atoms with van der Waals surface area (Å²) < 4.78 is 37.5. The maximum atomic E-state index is 10.6. The SMILES string of the molecule is O=C(O)C(F)(F)F.c1cncc(-c2nnc(-c3cccc4ccccc34)o2)c1. The minimum Gasteiger partial charge on any atom is -0.475 e. The van der Waals surface area contributed by atoms with Crippen LogP contribution in [0, 0.1) is 0 Å². The van der Waals surface area contributed by atoms with Crippen LogP contribution in [0.3, 0.4) is 0 Å². The molecule has 4 rings (SSSR count). The number of alkyl halides is 3. The lowest BCUT2D eigenvalue weighted by Gasteiger charge is -2.01. The molecular formula is C19H12F3N3O3. The van der Waals surface area contributed by atoms with Crippen molar-refractivity contribution in [3.05, 3.63) is 67.0 Å². The first-order valence-electron chi connectivity index (χ1n) is 7.88. The predicted octanol–water partition coefficient (Wildman–Crippen LogP) is 4.59. The lowest BCUT2D eigenvalue weighted by atomic mass is 10.0. The van der Waals surface area contributed by atoms with Gasteiger partial charge in [0.2, 0.25) is 11.8 Å². The molecular weight excluding hydrogens is 375 g/mol. The molecule has 0 fully saturated rings. The van der Waals surface area contributed by atoms with Crippen molar-refractivity contribution in [3.63, 3.8) is 0 Å². The largest absolute Gasteiger partial charge is 0.490 e. The van der Waals surface area contributed by atoms with Crippen LogP contribution in [0.2, 0.25) is 0 Å². The third kappa shape index (κ3) is 4.32. The number of hydrogen-bond donors (Lipinski definition) is 1. The van der Waals surface area contributed by atoms with Gasteiger partial charge in [-0.2, -0.15) is 13.2 Å². The Morgan fingerprint density at radius 1 is 0.929 bits per heavy atom. The lowest BCUT2D eigenvalue weighted by molar-refractivity contribution is -0.192. The molecule has 4 aromatic rings. The van der Waals surface area contributed by atoms with Crippen LogP contribution in [0.25, 0.3) is 33.7 Å². The van der Waals surface area contributed by atoms with E-state index in [1.54, 1.807) is 12.4 Å². The van der Waals surface area contributed by atoms with E-state index in [1.165, 1.54) is 0 Å². The monoisotopic (exact) mass is 387 g/mol. The zero-order chi connectivity index (χ0) is 20.1. The molecule has 2 heterocycles. The van der Waals surface area contributed by atoms with Gasteiger partial charge in [-0.15, -0.1) is 10.2 Å². The van der Waals surface area contributed by atoms with E-state index in [0.29, 0.717) is 11.8 Å². The Morgan fingerprint density at radius 3 is 2.29 bits per heavy atom. The van der Waals surface area contributed by atoms with E-state index >= 15 is 0 Å². The third-order valence-electron chi connectivity index (χ3n) is 3.60. The van der Waals surface area contributed by atoms with Crippen molar-refractivity contribution in [1.29, 1.82) is 0 Å². The first kappa shape index (κ1) is 19.0. The summed E-state index contributed by atoms with van der Waals surface area (Å²) in [6.07, 6.45) is -1.66. The Labute approximate surface area is 156 Å². The summed E-state index contributed by atoms with van der Waals surface area (Å²) in [5.74, 6) is -1.76. The number of carbonyl (C=O) groups is 1. The predicted molar refractivity (Wildman–Crippen MR) is 94.2 cm³/mol. The number of rotatable bonds is 2. The van der Waals surface area contributed by atoms with Gasteiger partial charge in [0.1, 0.15) is 0 Å². The van der Waals surface area contributed by atoms with Crippen LogP contribution in [-0.4, -0.2) is 32.4 Å². The second-order valence-corrected chi connectivity index (χ2v) is 5.48. The van der Waals surface area contributed by atoms with E-state index in [4.69, 9.17) is 14.3 Å². The molecule has 6 nitrogen and oxygen atoms in total. The van der Waals surface area contributed by atoms with Gasteiger partial charge in [0.25, 0.3) is 0 Å². The highest BCUT2D eigenvalue weighted by molar-refractivity contribution is 5.94. The Bertz CT molecular complexity index is 1090. The molecule has 0 atom stereocenters. The topological polar surface area (TPSA) is 89.1 Å². The van der Waals surface area contributed by atoms with Crippen molar-refractivity contribution >= 4 is 16.7 Å². The second kappa shape index (κ2) is 7.87. The normalized spacial score (nSPS) is 11.0. The van der Waals surface area contributed by atoms with Crippen LogP contribution in [-0.2, 0) is 4.79 Å². The Morgan fingerprint density at radius 2 is 1.61 bits per heavy atom. The number of aromatic nitrogens is 3. The molecule has 9 heteroatoms. The molecule has 0 aliphatic carbocycles. The molecule has 1 N–H and O–H groups in total. The summed E-state index contributed by atoms with van der Waals surface area (Å²) in [6.45, 7) is 0. The fraction of sp³-hybridized carbons (Fsp3) is 0.0526. The van der Waals surface area contributed by atoms with Crippen molar-refractivity contribution in [3.8, 4) is 22.9 Å². The van der Waals surface area contributed by atoms with Gasteiger partial charge in [-0.25, -0.2) is 4.79 Å². The second-order valence-electron chi connectivity index (χ2n) is 5.48. The molecule has 0 unspecified atom stereocenters. The fourth-order valence-corrected chi connectivity index (χ4v) is 2.35. The van der Waals surface area contributed by atoms with E-state index in [-0.39, 0.29) is 0 Å². The molecule has 2 aromatic heterocycles. The third-order valence-corrected chi connectivity index (χ3v) is 3.60. The van der Waals surface area contributed by atoms with Crippen molar-refractivity contribution < 1.29 is 27.5 Å². The minimum absolute atomic E-state index is 0.478. The van der Waals surface area contributed by atoms with Crippen LogP contribution >= 0.6 is 0 Å². The number of fused-ring (bicyclic) bond motifs is 1. The van der Waals surface area contributed by atoms with Gasteiger partial charge >= 0.3 is 12.1 Å². The van der Waals surface area contributed by atoms with Gasteiger partial charge in [0.05, 0.1) is 5.56 Å². The number of hydrogen-bond acceptors (Lipinski definition) is 5. The van der Waals surface area contributed by atoms with E-state index in [0.717, 1.165) is 21.9 Å². The highest BCUT2D eigenvalue weighted by atomic mass is 19.4. The van der Waals surface area contributed by atoms with Gasteiger partial charge < -0.3 is 9.52 Å². The van der Waals surface area contributed by atoms with Crippen LogP contribution in [0.5, 0.6) is 0 Å². The number of nitrogens with zero attached hydrogens (tertiary/aromatic N) is 3. The van der Waals surface area contributed by atoms with Crippen LogP contribution < -0.4 is 0 Å². The average Bonchev–Trinajstić information content (AvgIpc) is 3.18. The van der Waals surface area contributed by atoms with Gasteiger partial charge in [0, 0.05) is 18.0 Å². The van der Waals surface area contributed by atoms with Gasteiger partial charge in [-0.3, -0.25) is 4.98 Å². The summed E-state index contributed by atoms with van der Waals surface area (Å²) in [6, 6.07) is 17.9. The van der Waals surface area contributed by atoms with Crippen molar-refractivity contribution in [2.24, 2.45) is 0 Å². The maximum Gasteiger partial charge on any atom is 0.490 e. The molecule has 0 radical (unpaired) electrons. The highest BCUT2D eigenvalue weighted by Gasteiger charge is 2.38. The van der Waals surface area contributed by atoms with Crippen molar-refractivity contribution in [2.45, 2.75) is 6.18 Å². The maximum absolute atomic E-state index is 10.6. The van der Waals surface area contributed by atoms with E-state index < -0.39 is 12.1 Å². The Hall–Kier alpha value is -3.75. The average molecular weight is 387 g/mol. The molecule has 142 valence electrons. The summed E-state index contributed by atoms with van der Waals surface area (Å²) in [4.78, 5) is 13.0. The molecule has 0 aliphatic rings. The number of halogens is 3. The Kier molecular flexibility index (Phi) is 5.35. The standard InChI is InChI=1S/C17H11N3O.C2HF3O2/c1-2-8-14-12(5-1)6-3-9-15(14)17-20-19-16(21-17)13-7-4-10-18-11-13;3-2(4,5)1(6)7/h1-11H;(H,6,7). The molecule has 0 aliphatic heterocycles. The molecule has 0 amide bonds. The Balaban J connectivity index is 0.000000279. The smallest absolute Gasteiger partial charge is 0.475 e. The van der Waals surface area contributed by atoms with Crippen LogP contribution in [0.15, 0.2) is 71.4 Å². The molecule has 0 saturated heterocycles. The first-order valence-corrected chi connectivity index (χ1v) is 7.88. The molecule has 0 spiro atoms. The summed E-state index contributed by atoms with van der Waals surface area (Å²) >= 11 is 0. The van der Waals surface area contributed by atoms with Gasteiger partial charge in [-0.1, -0.05) is 36.4 Å².